The van der Waals surface area contributed by atoms with Crippen molar-refractivity contribution in [3.8, 4) is 5.75 Å². The quantitative estimate of drug-likeness (QED) is 0.771. The summed E-state index contributed by atoms with van der Waals surface area (Å²) in [5.41, 5.74) is 2.15. The molecule has 0 aliphatic rings. The van der Waals surface area contributed by atoms with Crippen LogP contribution >= 0.6 is 0 Å². The van der Waals surface area contributed by atoms with Crippen LogP contribution in [0.4, 0.5) is 5.69 Å². The summed E-state index contributed by atoms with van der Waals surface area (Å²) in [5, 5.41) is 1.84. The summed E-state index contributed by atoms with van der Waals surface area (Å²) in [4.78, 5) is 0.220. The molecule has 5 heteroatoms. The molecule has 24 heavy (non-hydrogen) atoms. The molecule has 0 aliphatic heterocycles. The van der Waals surface area contributed by atoms with E-state index in [1.807, 2.05) is 49.4 Å². The molecule has 4 nitrogen and oxygen atoms in total. The van der Waals surface area contributed by atoms with E-state index in [-0.39, 0.29) is 4.90 Å². The van der Waals surface area contributed by atoms with E-state index in [0.29, 0.717) is 17.0 Å². The maximum absolute atomic E-state index is 12.9. The van der Waals surface area contributed by atoms with Gasteiger partial charge in [-0.25, -0.2) is 8.42 Å². The van der Waals surface area contributed by atoms with Gasteiger partial charge in [-0.15, -0.1) is 0 Å². The van der Waals surface area contributed by atoms with E-state index in [9.17, 15) is 8.42 Å². The Morgan fingerprint density at radius 2 is 1.62 bits per heavy atom. The fraction of sp³-hybridized carbons (Fsp3) is 0.158. The van der Waals surface area contributed by atoms with Gasteiger partial charge >= 0.3 is 0 Å². The normalized spacial score (nSPS) is 11.5. The molecule has 3 aromatic rings. The van der Waals surface area contributed by atoms with Gasteiger partial charge in [-0.3, -0.25) is 4.72 Å². The Bertz CT molecular complexity index is 1010. The second-order valence-corrected chi connectivity index (χ2v) is 7.37. The Balaban J connectivity index is 2.09. The summed E-state index contributed by atoms with van der Waals surface area (Å²) in [6, 6.07) is 16.6. The minimum Gasteiger partial charge on any atom is -0.496 e. The highest BCUT2D eigenvalue weighted by Gasteiger charge is 2.20. The number of sulfonamides is 1. The number of methoxy groups -OCH3 is 1. The monoisotopic (exact) mass is 341 g/mol. The van der Waals surface area contributed by atoms with Crippen LogP contribution in [-0.2, 0) is 10.0 Å². The summed E-state index contributed by atoms with van der Waals surface area (Å²) in [5.74, 6) is 0.555. The molecule has 0 unspecified atom stereocenters. The summed E-state index contributed by atoms with van der Waals surface area (Å²) in [6.45, 7) is 3.67. The van der Waals surface area contributed by atoms with Gasteiger partial charge < -0.3 is 4.74 Å². The van der Waals surface area contributed by atoms with Crippen LogP contribution in [0.5, 0.6) is 5.75 Å². The summed E-state index contributed by atoms with van der Waals surface area (Å²) in [6.07, 6.45) is 0. The Morgan fingerprint density at radius 1 is 0.917 bits per heavy atom. The van der Waals surface area contributed by atoms with Crippen LogP contribution in [0.15, 0.2) is 59.5 Å². The van der Waals surface area contributed by atoms with Gasteiger partial charge in [-0.1, -0.05) is 42.5 Å². The van der Waals surface area contributed by atoms with Gasteiger partial charge in [0.2, 0.25) is 0 Å². The van der Waals surface area contributed by atoms with Crippen LogP contribution in [0.2, 0.25) is 0 Å². The lowest BCUT2D eigenvalue weighted by Gasteiger charge is -2.14. The van der Waals surface area contributed by atoms with Crippen LogP contribution in [0.1, 0.15) is 11.1 Å². The molecular weight excluding hydrogens is 322 g/mol. The highest BCUT2D eigenvalue weighted by atomic mass is 32.2. The standard InChI is InChI=1S/C19H19NO3S/c1-13-11-14(2)19(12-18(13)23-3)24(21,22)20-17-10-6-8-15-7-4-5-9-16(15)17/h4-12,20H,1-3H3. The molecule has 0 aliphatic carbocycles. The highest BCUT2D eigenvalue weighted by molar-refractivity contribution is 7.92. The number of hydrogen-bond acceptors (Lipinski definition) is 3. The molecule has 124 valence electrons. The molecule has 0 amide bonds. The SMILES string of the molecule is COc1cc(S(=O)(=O)Nc2cccc3ccccc23)c(C)cc1C. The largest absolute Gasteiger partial charge is 0.496 e. The van der Waals surface area contributed by atoms with Crippen molar-refractivity contribution in [2.45, 2.75) is 18.7 Å². The van der Waals surface area contributed by atoms with Crippen molar-refractivity contribution in [1.82, 2.24) is 0 Å². The van der Waals surface area contributed by atoms with E-state index in [4.69, 9.17) is 4.74 Å². The molecule has 1 N–H and O–H groups in total. The molecular formula is C19H19NO3S. The number of benzene rings is 3. The van der Waals surface area contributed by atoms with Crippen LogP contribution in [0.25, 0.3) is 10.8 Å². The first-order chi connectivity index (χ1) is 11.4. The van der Waals surface area contributed by atoms with Crippen molar-refractivity contribution in [3.05, 3.63) is 65.7 Å². The second kappa shape index (κ2) is 6.17. The van der Waals surface area contributed by atoms with E-state index in [1.54, 1.807) is 19.1 Å². The van der Waals surface area contributed by atoms with Crippen molar-refractivity contribution >= 4 is 26.5 Å². The van der Waals surface area contributed by atoms with Crippen molar-refractivity contribution in [1.29, 1.82) is 0 Å². The zero-order chi connectivity index (χ0) is 17.3. The molecule has 0 atom stereocenters. The fourth-order valence-corrected chi connectivity index (χ4v) is 4.16. The van der Waals surface area contributed by atoms with Gasteiger partial charge in [-0.05, 0) is 36.4 Å². The minimum atomic E-state index is -3.71. The average Bonchev–Trinajstić information content (AvgIpc) is 2.55. The number of aryl methyl sites for hydroxylation is 2. The molecule has 0 heterocycles. The van der Waals surface area contributed by atoms with Crippen LogP contribution in [-0.4, -0.2) is 15.5 Å². The molecule has 3 aromatic carbocycles. The molecule has 0 aromatic heterocycles. The van der Waals surface area contributed by atoms with Gasteiger partial charge in [0.05, 0.1) is 17.7 Å². The molecule has 3 rings (SSSR count). The van der Waals surface area contributed by atoms with Gasteiger partial charge in [0.1, 0.15) is 5.75 Å². The van der Waals surface area contributed by atoms with Crippen molar-refractivity contribution in [2.24, 2.45) is 0 Å². The Labute approximate surface area is 142 Å². The Morgan fingerprint density at radius 3 is 2.38 bits per heavy atom. The van der Waals surface area contributed by atoms with Crippen LogP contribution in [0.3, 0.4) is 0 Å². The zero-order valence-corrected chi connectivity index (χ0v) is 14.6. The number of fused-ring (bicyclic) bond motifs is 1. The Kier molecular flexibility index (Phi) is 4.20. The predicted octanol–water partition coefficient (Wildman–Crippen LogP) is 4.27. The lowest BCUT2D eigenvalue weighted by molar-refractivity contribution is 0.410. The van der Waals surface area contributed by atoms with Gasteiger partial charge in [0.15, 0.2) is 0 Å². The van der Waals surface area contributed by atoms with E-state index in [1.165, 1.54) is 7.11 Å². The minimum absolute atomic E-state index is 0.220. The topological polar surface area (TPSA) is 55.4 Å². The third-order valence-corrected chi connectivity index (χ3v) is 5.52. The van der Waals surface area contributed by atoms with Gasteiger partial charge in [-0.2, -0.15) is 0 Å². The molecule has 0 saturated carbocycles. The maximum Gasteiger partial charge on any atom is 0.262 e. The number of ether oxygens (including phenoxy) is 1. The third-order valence-electron chi connectivity index (χ3n) is 4.02. The number of anilines is 1. The van der Waals surface area contributed by atoms with Crippen molar-refractivity contribution in [3.63, 3.8) is 0 Å². The molecule has 0 bridgehead atoms. The van der Waals surface area contributed by atoms with Gasteiger partial charge in [0, 0.05) is 11.5 Å². The number of hydrogen-bond donors (Lipinski definition) is 1. The molecule has 0 spiro atoms. The van der Waals surface area contributed by atoms with E-state index in [0.717, 1.165) is 16.3 Å². The summed E-state index contributed by atoms with van der Waals surface area (Å²) in [7, 11) is -2.18. The molecule has 0 radical (unpaired) electrons. The Hall–Kier alpha value is -2.53. The first-order valence-corrected chi connectivity index (χ1v) is 9.06. The van der Waals surface area contributed by atoms with E-state index >= 15 is 0 Å². The zero-order valence-electron chi connectivity index (χ0n) is 13.8. The molecule has 0 fully saturated rings. The lowest BCUT2D eigenvalue weighted by Crippen LogP contribution is -2.15. The highest BCUT2D eigenvalue weighted by Crippen LogP contribution is 2.29. The predicted molar refractivity (Wildman–Crippen MR) is 97.2 cm³/mol. The van der Waals surface area contributed by atoms with Crippen LogP contribution in [0, 0.1) is 13.8 Å². The van der Waals surface area contributed by atoms with E-state index in [2.05, 4.69) is 4.72 Å². The lowest BCUT2D eigenvalue weighted by atomic mass is 10.1. The van der Waals surface area contributed by atoms with Gasteiger partial charge in [0.25, 0.3) is 10.0 Å². The number of rotatable bonds is 4. The summed E-state index contributed by atoms with van der Waals surface area (Å²) < 4.78 is 33.7. The van der Waals surface area contributed by atoms with Crippen LogP contribution < -0.4 is 9.46 Å². The second-order valence-electron chi connectivity index (χ2n) is 5.72. The van der Waals surface area contributed by atoms with E-state index < -0.39 is 10.0 Å². The van der Waals surface area contributed by atoms with Crippen molar-refractivity contribution < 1.29 is 13.2 Å². The first kappa shape index (κ1) is 16.3. The smallest absolute Gasteiger partial charge is 0.262 e. The maximum atomic E-state index is 12.9. The third kappa shape index (κ3) is 2.95. The van der Waals surface area contributed by atoms with Crippen molar-refractivity contribution in [2.75, 3.05) is 11.8 Å². The number of nitrogens with one attached hydrogen (secondary N) is 1. The average molecular weight is 341 g/mol. The molecule has 0 saturated heterocycles. The summed E-state index contributed by atoms with van der Waals surface area (Å²) >= 11 is 0. The fourth-order valence-electron chi connectivity index (χ4n) is 2.84. The first-order valence-electron chi connectivity index (χ1n) is 7.58.